The van der Waals surface area contributed by atoms with Gasteiger partial charge in [-0.25, -0.2) is 8.42 Å². The minimum absolute atomic E-state index is 0.0485. The maximum Gasteiger partial charge on any atom is 0.251 e. The molecule has 1 unspecified atom stereocenters. The summed E-state index contributed by atoms with van der Waals surface area (Å²) >= 11 is 0. The zero-order valence-electron chi connectivity index (χ0n) is 13.8. The maximum absolute atomic E-state index is 12.3. The summed E-state index contributed by atoms with van der Waals surface area (Å²) in [7, 11) is -2.86. The lowest BCUT2D eigenvalue weighted by Crippen LogP contribution is -2.40. The second-order valence-electron chi connectivity index (χ2n) is 6.84. The summed E-state index contributed by atoms with van der Waals surface area (Å²) < 4.78 is 23.0. The van der Waals surface area contributed by atoms with Crippen LogP contribution in [-0.2, 0) is 16.4 Å². The molecule has 1 heterocycles. The van der Waals surface area contributed by atoms with E-state index in [4.69, 9.17) is 5.73 Å². The first-order chi connectivity index (χ1) is 11.4. The van der Waals surface area contributed by atoms with E-state index in [2.05, 4.69) is 10.2 Å². The van der Waals surface area contributed by atoms with Gasteiger partial charge in [0, 0.05) is 37.8 Å². The number of amides is 1. The number of hydrogen-bond acceptors (Lipinski definition) is 5. The van der Waals surface area contributed by atoms with Crippen LogP contribution in [-0.4, -0.2) is 56.4 Å². The Kier molecular flexibility index (Phi) is 5.22. The van der Waals surface area contributed by atoms with Gasteiger partial charge < -0.3 is 11.1 Å². The summed E-state index contributed by atoms with van der Waals surface area (Å²) in [5.74, 6) is 0.888. The van der Waals surface area contributed by atoms with E-state index in [9.17, 15) is 13.2 Å². The lowest BCUT2D eigenvalue weighted by atomic mass is 10.1. The first-order valence-electron chi connectivity index (χ1n) is 8.48. The fourth-order valence-electron chi connectivity index (χ4n) is 2.98. The summed E-state index contributed by atoms with van der Waals surface area (Å²) in [6, 6.07) is 7.55. The molecule has 24 heavy (non-hydrogen) atoms. The normalized spacial score (nSPS) is 22.0. The Labute approximate surface area is 143 Å². The van der Waals surface area contributed by atoms with Crippen molar-refractivity contribution in [2.75, 3.05) is 31.1 Å². The first kappa shape index (κ1) is 17.4. The van der Waals surface area contributed by atoms with Crippen LogP contribution >= 0.6 is 0 Å². The van der Waals surface area contributed by atoms with Crippen molar-refractivity contribution < 1.29 is 13.2 Å². The Morgan fingerprint density at radius 3 is 2.67 bits per heavy atom. The van der Waals surface area contributed by atoms with Crippen LogP contribution < -0.4 is 11.1 Å². The van der Waals surface area contributed by atoms with Gasteiger partial charge in [-0.1, -0.05) is 12.1 Å². The smallest absolute Gasteiger partial charge is 0.251 e. The topological polar surface area (TPSA) is 92.5 Å². The Bertz CT molecular complexity index is 687. The van der Waals surface area contributed by atoms with Crippen molar-refractivity contribution in [1.29, 1.82) is 0 Å². The highest BCUT2D eigenvalue weighted by molar-refractivity contribution is 7.91. The van der Waals surface area contributed by atoms with Crippen LogP contribution in [0.15, 0.2) is 24.3 Å². The first-order valence-corrected chi connectivity index (χ1v) is 10.3. The number of hydrogen-bond donors (Lipinski definition) is 2. The molecule has 2 aliphatic rings. The summed E-state index contributed by atoms with van der Waals surface area (Å²) in [5, 5.41) is 2.90. The van der Waals surface area contributed by atoms with Crippen molar-refractivity contribution >= 4 is 15.7 Å². The van der Waals surface area contributed by atoms with E-state index >= 15 is 0 Å². The van der Waals surface area contributed by atoms with E-state index in [-0.39, 0.29) is 23.5 Å². The quantitative estimate of drug-likeness (QED) is 0.773. The second-order valence-corrected chi connectivity index (χ2v) is 9.14. The molecular formula is C17H25N3O3S. The third kappa shape index (κ3) is 4.78. The fraction of sp³-hybridized carbons (Fsp3) is 0.588. The zero-order valence-corrected chi connectivity index (χ0v) is 14.6. The van der Waals surface area contributed by atoms with Crippen LogP contribution in [0.1, 0.15) is 28.8 Å². The van der Waals surface area contributed by atoms with Gasteiger partial charge in [-0.3, -0.25) is 9.69 Å². The molecule has 1 aromatic carbocycles. The van der Waals surface area contributed by atoms with Crippen molar-refractivity contribution in [2.45, 2.75) is 25.4 Å². The van der Waals surface area contributed by atoms with E-state index in [0.717, 1.165) is 18.4 Å². The second kappa shape index (κ2) is 7.21. The molecule has 1 aliphatic heterocycles. The third-order valence-corrected chi connectivity index (χ3v) is 6.37. The summed E-state index contributed by atoms with van der Waals surface area (Å²) in [5.41, 5.74) is 7.66. The van der Waals surface area contributed by atoms with Crippen molar-refractivity contribution in [3.63, 3.8) is 0 Å². The molecule has 3 rings (SSSR count). The average Bonchev–Trinajstić information content (AvgIpc) is 3.39. The largest absolute Gasteiger partial charge is 0.350 e. The Morgan fingerprint density at radius 1 is 1.29 bits per heavy atom. The summed E-state index contributed by atoms with van der Waals surface area (Å²) in [6.45, 7) is 2.28. The third-order valence-electron chi connectivity index (χ3n) is 4.76. The molecule has 6 nitrogen and oxygen atoms in total. The van der Waals surface area contributed by atoms with Gasteiger partial charge in [-0.2, -0.15) is 0 Å². The lowest BCUT2D eigenvalue weighted by Gasteiger charge is -2.26. The number of benzene rings is 1. The van der Waals surface area contributed by atoms with Crippen molar-refractivity contribution in [3.8, 4) is 0 Å². The predicted molar refractivity (Wildman–Crippen MR) is 93.4 cm³/mol. The van der Waals surface area contributed by atoms with Gasteiger partial charge in [0.25, 0.3) is 5.91 Å². The fourth-order valence-corrected chi connectivity index (χ4v) is 4.26. The molecule has 2 fully saturated rings. The number of carbonyl (C=O) groups is 1. The average molecular weight is 351 g/mol. The molecule has 132 valence electrons. The van der Waals surface area contributed by atoms with Crippen molar-refractivity contribution in [1.82, 2.24) is 10.2 Å². The molecule has 1 saturated carbocycles. The van der Waals surface area contributed by atoms with Gasteiger partial charge >= 0.3 is 0 Å². The van der Waals surface area contributed by atoms with Crippen LogP contribution in [0.4, 0.5) is 0 Å². The minimum atomic E-state index is -2.86. The van der Waals surface area contributed by atoms with E-state index < -0.39 is 9.84 Å². The van der Waals surface area contributed by atoms with E-state index in [1.54, 1.807) is 6.07 Å². The van der Waals surface area contributed by atoms with Crippen LogP contribution in [0.3, 0.4) is 0 Å². The molecule has 0 spiro atoms. The molecule has 1 aromatic rings. The zero-order chi connectivity index (χ0) is 17.2. The van der Waals surface area contributed by atoms with Crippen molar-refractivity contribution in [2.24, 2.45) is 11.7 Å². The molecule has 0 bridgehead atoms. The maximum atomic E-state index is 12.3. The predicted octanol–water partition coefficient (Wildman–Crippen LogP) is 0.384. The van der Waals surface area contributed by atoms with Gasteiger partial charge in [0.1, 0.15) is 0 Å². The highest BCUT2D eigenvalue weighted by Crippen LogP contribution is 2.31. The van der Waals surface area contributed by atoms with Gasteiger partial charge in [0.15, 0.2) is 9.84 Å². The molecule has 1 amide bonds. The van der Waals surface area contributed by atoms with Gasteiger partial charge in [-0.15, -0.1) is 0 Å². The molecule has 1 atom stereocenters. The Morgan fingerprint density at radius 2 is 2.00 bits per heavy atom. The number of nitrogens with one attached hydrogen (secondary N) is 1. The van der Waals surface area contributed by atoms with Crippen LogP contribution in [0.25, 0.3) is 0 Å². The van der Waals surface area contributed by atoms with Crippen LogP contribution in [0, 0.1) is 5.92 Å². The highest BCUT2D eigenvalue weighted by Gasteiger charge is 2.28. The minimum Gasteiger partial charge on any atom is -0.350 e. The van der Waals surface area contributed by atoms with E-state index in [1.165, 1.54) is 0 Å². The molecule has 7 heteroatoms. The number of carbonyl (C=O) groups excluding carboxylic acids is 1. The van der Waals surface area contributed by atoms with Gasteiger partial charge in [-0.05, 0) is 36.5 Å². The summed E-state index contributed by atoms with van der Waals surface area (Å²) in [4.78, 5) is 14.4. The molecule has 1 aliphatic carbocycles. The Balaban J connectivity index is 1.54. The molecule has 3 N–H and O–H groups in total. The van der Waals surface area contributed by atoms with Crippen LogP contribution in [0.2, 0.25) is 0 Å². The van der Waals surface area contributed by atoms with Crippen molar-refractivity contribution in [3.05, 3.63) is 35.4 Å². The number of nitrogens with zero attached hydrogens (tertiary/aromatic N) is 1. The molecule has 1 saturated heterocycles. The van der Waals surface area contributed by atoms with E-state index in [1.807, 2.05) is 18.2 Å². The highest BCUT2D eigenvalue weighted by atomic mass is 32.2. The monoisotopic (exact) mass is 351 g/mol. The number of rotatable bonds is 6. The number of sulfone groups is 1. The van der Waals surface area contributed by atoms with Gasteiger partial charge in [0.2, 0.25) is 0 Å². The summed E-state index contributed by atoms with van der Waals surface area (Å²) in [6.07, 6.45) is 2.33. The van der Waals surface area contributed by atoms with Gasteiger partial charge in [0.05, 0.1) is 11.5 Å². The standard InChI is InChI=1S/C17H25N3O3S/c18-16(14-4-5-14)11-19-17(21)15-3-1-2-13(10-15)12-20-6-8-24(22,23)9-7-20/h1-3,10,14,16H,4-9,11-12,18H2,(H,19,21). The lowest BCUT2D eigenvalue weighted by molar-refractivity contribution is 0.0950. The SMILES string of the molecule is NC(CNC(=O)c1cccc(CN2CCS(=O)(=O)CC2)c1)C1CC1. The Hall–Kier alpha value is -1.44. The molecule has 0 aromatic heterocycles. The molecule has 0 radical (unpaired) electrons. The van der Waals surface area contributed by atoms with Crippen LogP contribution in [0.5, 0.6) is 0 Å². The number of nitrogens with two attached hydrogens (primary N) is 1. The van der Waals surface area contributed by atoms with E-state index in [0.29, 0.717) is 37.7 Å². The molecular weight excluding hydrogens is 326 g/mol.